The molecule has 0 heterocycles. The van der Waals surface area contributed by atoms with Crippen molar-refractivity contribution in [2.75, 3.05) is 26.2 Å². The van der Waals surface area contributed by atoms with Crippen molar-refractivity contribution in [2.45, 2.75) is 33.1 Å². The molecule has 0 atom stereocenters. The van der Waals surface area contributed by atoms with E-state index in [1.165, 1.54) is 12.8 Å². The topological polar surface area (TPSA) is 36.3 Å². The number of nitriles is 1. The molecule has 0 saturated heterocycles. The highest BCUT2D eigenvalue weighted by atomic mass is 16.5. The van der Waals surface area contributed by atoms with Gasteiger partial charge >= 0.3 is 0 Å². The van der Waals surface area contributed by atoms with Gasteiger partial charge in [0.1, 0.15) is 12.4 Å². The lowest BCUT2D eigenvalue weighted by Crippen LogP contribution is -2.30. The number of hydrogen-bond donors (Lipinski definition) is 0. The number of nitrogens with zero attached hydrogens (tertiary/aromatic N) is 2. The Bertz CT molecular complexity index is 375. The average Bonchev–Trinajstić information content (AvgIpc) is 2.41. The van der Waals surface area contributed by atoms with Crippen molar-refractivity contribution in [3.05, 3.63) is 29.8 Å². The van der Waals surface area contributed by atoms with Crippen molar-refractivity contribution >= 4 is 0 Å². The van der Waals surface area contributed by atoms with E-state index in [9.17, 15) is 0 Å². The number of ether oxygens (including phenoxy) is 1. The van der Waals surface area contributed by atoms with E-state index >= 15 is 0 Å². The van der Waals surface area contributed by atoms with Gasteiger partial charge in [-0.2, -0.15) is 5.26 Å². The Labute approximate surface area is 116 Å². The van der Waals surface area contributed by atoms with Crippen LogP contribution in [0.1, 0.15) is 32.3 Å². The van der Waals surface area contributed by atoms with E-state index in [-0.39, 0.29) is 0 Å². The quantitative estimate of drug-likeness (QED) is 0.684. The van der Waals surface area contributed by atoms with Gasteiger partial charge in [0.15, 0.2) is 0 Å². The minimum atomic E-state index is 0.459. The van der Waals surface area contributed by atoms with E-state index in [2.05, 4.69) is 24.8 Å². The molecule has 0 aliphatic carbocycles. The van der Waals surface area contributed by atoms with E-state index in [0.717, 1.165) is 37.6 Å². The Kier molecular flexibility index (Phi) is 7.69. The normalized spacial score (nSPS) is 10.4. The first-order chi connectivity index (χ1) is 9.30. The second kappa shape index (κ2) is 9.41. The number of hydrogen-bond acceptors (Lipinski definition) is 3. The van der Waals surface area contributed by atoms with Crippen molar-refractivity contribution in [2.24, 2.45) is 0 Å². The summed E-state index contributed by atoms with van der Waals surface area (Å²) in [5.74, 6) is 0.884. The molecule has 19 heavy (non-hydrogen) atoms. The average molecular weight is 260 g/mol. The largest absolute Gasteiger partial charge is 0.492 e. The van der Waals surface area contributed by atoms with Crippen LogP contribution in [-0.4, -0.2) is 31.1 Å². The minimum Gasteiger partial charge on any atom is -0.492 e. The molecule has 104 valence electrons. The fourth-order valence-electron chi connectivity index (χ4n) is 2.06. The van der Waals surface area contributed by atoms with Gasteiger partial charge in [0.2, 0.25) is 0 Å². The maximum atomic E-state index is 8.61. The van der Waals surface area contributed by atoms with E-state index in [0.29, 0.717) is 6.42 Å². The lowest BCUT2D eigenvalue weighted by Gasteiger charge is -2.20. The van der Waals surface area contributed by atoms with Gasteiger partial charge in [-0.25, -0.2) is 0 Å². The van der Waals surface area contributed by atoms with Crippen LogP contribution in [0.3, 0.4) is 0 Å². The molecule has 1 aromatic rings. The molecular formula is C16H24N2O. The van der Waals surface area contributed by atoms with Gasteiger partial charge in [-0.3, -0.25) is 4.90 Å². The summed E-state index contributed by atoms with van der Waals surface area (Å²) < 4.78 is 5.74. The van der Waals surface area contributed by atoms with Crippen molar-refractivity contribution in [1.82, 2.24) is 4.90 Å². The highest BCUT2D eigenvalue weighted by Gasteiger charge is 2.02. The predicted molar refractivity (Wildman–Crippen MR) is 78.3 cm³/mol. The van der Waals surface area contributed by atoms with E-state index in [1.54, 1.807) is 0 Å². The van der Waals surface area contributed by atoms with Crippen LogP contribution in [0.2, 0.25) is 0 Å². The first-order valence-corrected chi connectivity index (χ1v) is 7.11. The highest BCUT2D eigenvalue weighted by molar-refractivity contribution is 5.28. The minimum absolute atomic E-state index is 0.459. The molecule has 0 radical (unpaired) electrons. The van der Waals surface area contributed by atoms with Crippen molar-refractivity contribution in [3.63, 3.8) is 0 Å². The lowest BCUT2D eigenvalue weighted by molar-refractivity contribution is 0.209. The zero-order valence-electron chi connectivity index (χ0n) is 12.1. The van der Waals surface area contributed by atoms with E-state index in [1.807, 2.05) is 24.3 Å². The van der Waals surface area contributed by atoms with Crippen LogP contribution in [0, 0.1) is 11.3 Å². The molecule has 0 bridgehead atoms. The van der Waals surface area contributed by atoms with Crippen LogP contribution in [0.4, 0.5) is 0 Å². The molecule has 1 aromatic carbocycles. The molecule has 0 amide bonds. The molecule has 0 N–H and O–H groups in total. The van der Waals surface area contributed by atoms with Crippen molar-refractivity contribution < 1.29 is 4.74 Å². The van der Waals surface area contributed by atoms with Gasteiger partial charge in [-0.1, -0.05) is 26.0 Å². The van der Waals surface area contributed by atoms with Crippen molar-refractivity contribution in [3.8, 4) is 11.8 Å². The third kappa shape index (κ3) is 6.26. The summed E-state index contributed by atoms with van der Waals surface area (Å²) in [6.07, 6.45) is 2.83. The van der Waals surface area contributed by atoms with Crippen LogP contribution >= 0.6 is 0 Å². The monoisotopic (exact) mass is 260 g/mol. The van der Waals surface area contributed by atoms with Gasteiger partial charge in [-0.15, -0.1) is 0 Å². The Morgan fingerprint density at radius 3 is 2.21 bits per heavy atom. The molecule has 0 fully saturated rings. The predicted octanol–water partition coefficient (Wildman–Crippen LogP) is 3.25. The summed E-state index contributed by atoms with van der Waals surface area (Å²) in [4.78, 5) is 2.43. The number of benzene rings is 1. The second-order valence-electron chi connectivity index (χ2n) is 4.67. The third-order valence-corrected chi connectivity index (χ3v) is 2.96. The standard InChI is InChI=1S/C16H24N2O/c1-3-11-18(12-4-2)13-14-19-16-7-5-15(6-8-16)9-10-17/h5-8H,3-4,9,11-14H2,1-2H3. The molecular weight excluding hydrogens is 236 g/mol. The second-order valence-corrected chi connectivity index (χ2v) is 4.67. The molecule has 3 heteroatoms. The van der Waals surface area contributed by atoms with Crippen LogP contribution < -0.4 is 4.74 Å². The zero-order chi connectivity index (χ0) is 13.9. The molecule has 0 spiro atoms. The zero-order valence-corrected chi connectivity index (χ0v) is 12.1. The summed E-state index contributed by atoms with van der Waals surface area (Å²) in [6.45, 7) is 8.38. The highest BCUT2D eigenvalue weighted by Crippen LogP contribution is 2.12. The van der Waals surface area contributed by atoms with Gasteiger partial charge < -0.3 is 4.74 Å². The summed E-state index contributed by atoms with van der Waals surface area (Å²) in [6, 6.07) is 9.93. The fraction of sp³-hybridized carbons (Fsp3) is 0.562. The molecule has 0 unspecified atom stereocenters. The van der Waals surface area contributed by atoms with Crippen molar-refractivity contribution in [1.29, 1.82) is 5.26 Å². The molecule has 3 nitrogen and oxygen atoms in total. The molecule has 0 aliphatic rings. The summed E-state index contributed by atoms with van der Waals surface area (Å²) in [5, 5.41) is 8.61. The molecule has 0 aliphatic heterocycles. The van der Waals surface area contributed by atoms with Gasteiger partial charge in [0.05, 0.1) is 12.5 Å². The fourth-order valence-corrected chi connectivity index (χ4v) is 2.06. The van der Waals surface area contributed by atoms with Gasteiger partial charge in [0, 0.05) is 6.54 Å². The lowest BCUT2D eigenvalue weighted by atomic mass is 10.2. The Morgan fingerprint density at radius 2 is 1.68 bits per heavy atom. The smallest absolute Gasteiger partial charge is 0.119 e. The maximum absolute atomic E-state index is 8.61. The summed E-state index contributed by atoms with van der Waals surface area (Å²) in [7, 11) is 0. The van der Waals surface area contributed by atoms with E-state index in [4.69, 9.17) is 10.00 Å². The molecule has 1 rings (SSSR count). The summed E-state index contributed by atoms with van der Waals surface area (Å²) in [5.41, 5.74) is 1.04. The van der Waals surface area contributed by atoms with Gasteiger partial charge in [-0.05, 0) is 43.6 Å². The SMILES string of the molecule is CCCN(CCC)CCOc1ccc(CC#N)cc1. The number of rotatable bonds is 9. The Morgan fingerprint density at radius 1 is 1.05 bits per heavy atom. The summed E-state index contributed by atoms with van der Waals surface area (Å²) >= 11 is 0. The first kappa shape index (κ1) is 15.5. The van der Waals surface area contributed by atoms with Crippen LogP contribution in [-0.2, 0) is 6.42 Å². The van der Waals surface area contributed by atoms with E-state index < -0.39 is 0 Å². The first-order valence-electron chi connectivity index (χ1n) is 7.11. The van der Waals surface area contributed by atoms with Gasteiger partial charge in [0.25, 0.3) is 0 Å². The Hall–Kier alpha value is -1.53. The maximum Gasteiger partial charge on any atom is 0.119 e. The van der Waals surface area contributed by atoms with Crippen LogP contribution in [0.5, 0.6) is 5.75 Å². The molecule has 0 aromatic heterocycles. The third-order valence-electron chi connectivity index (χ3n) is 2.96. The Balaban J connectivity index is 2.33. The van der Waals surface area contributed by atoms with Crippen LogP contribution in [0.15, 0.2) is 24.3 Å². The molecule has 0 saturated carbocycles. The van der Waals surface area contributed by atoms with Crippen LogP contribution in [0.25, 0.3) is 0 Å².